The van der Waals surface area contributed by atoms with Crippen molar-refractivity contribution in [1.29, 1.82) is 0 Å². The fourth-order valence-corrected chi connectivity index (χ4v) is 3.04. The fraction of sp³-hybridized carbons (Fsp3) is 0.214. The molecule has 1 N–H and O–H groups in total. The van der Waals surface area contributed by atoms with Gasteiger partial charge in [-0.25, -0.2) is 4.98 Å². The fourth-order valence-electron chi connectivity index (χ4n) is 2.40. The molecule has 92 valence electrons. The molecule has 1 aromatic carbocycles. The summed E-state index contributed by atoms with van der Waals surface area (Å²) in [6.45, 7) is 0. The molecule has 0 radical (unpaired) electrons. The van der Waals surface area contributed by atoms with Gasteiger partial charge in [0.05, 0.1) is 17.9 Å². The maximum absolute atomic E-state index is 4.24. The molecule has 1 heterocycles. The van der Waals surface area contributed by atoms with Gasteiger partial charge in [0.25, 0.3) is 0 Å². The summed E-state index contributed by atoms with van der Waals surface area (Å²) in [5.41, 5.74) is 3.91. The summed E-state index contributed by atoms with van der Waals surface area (Å²) < 4.78 is 2.02. The Hall–Kier alpha value is -0.870. The van der Waals surface area contributed by atoms with E-state index in [-0.39, 0.29) is 0 Å². The molecule has 4 heteroatoms. The lowest BCUT2D eigenvalue weighted by atomic mass is 10.1. The minimum Gasteiger partial charge on any atom is -0.377 e. The van der Waals surface area contributed by atoms with Crippen LogP contribution in [0.4, 0.5) is 5.69 Å². The molecule has 0 saturated carbocycles. The van der Waals surface area contributed by atoms with E-state index in [1.165, 1.54) is 11.1 Å². The van der Waals surface area contributed by atoms with E-state index in [0.29, 0.717) is 6.04 Å². The summed E-state index contributed by atoms with van der Waals surface area (Å²) in [4.78, 5) is 4.24. The van der Waals surface area contributed by atoms with Crippen LogP contribution < -0.4 is 5.32 Å². The van der Waals surface area contributed by atoms with Crippen molar-refractivity contribution < 1.29 is 0 Å². The number of rotatable bonds is 2. The number of aryl methyl sites for hydroxylation is 1. The first-order valence-corrected chi connectivity index (χ1v) is 7.47. The standard InChI is InChI=1S/C14H12Br2N2/c15-10-2-4-12-9(7-10)1-5-13(12)18-11-3-6-14(16)17-8-11/h2-4,6-8,13,18H,1,5H2. The number of hydrogen-bond donors (Lipinski definition) is 1. The number of fused-ring (bicyclic) bond motifs is 1. The average molecular weight is 368 g/mol. The highest BCUT2D eigenvalue weighted by Gasteiger charge is 2.22. The highest BCUT2D eigenvalue weighted by atomic mass is 79.9. The van der Waals surface area contributed by atoms with E-state index in [1.54, 1.807) is 0 Å². The molecular weight excluding hydrogens is 356 g/mol. The van der Waals surface area contributed by atoms with Crippen molar-refractivity contribution in [3.05, 3.63) is 56.7 Å². The van der Waals surface area contributed by atoms with Crippen molar-refractivity contribution >= 4 is 37.5 Å². The van der Waals surface area contributed by atoms with Gasteiger partial charge in [0.2, 0.25) is 0 Å². The molecule has 1 aliphatic rings. The van der Waals surface area contributed by atoms with E-state index < -0.39 is 0 Å². The average Bonchev–Trinajstić information content (AvgIpc) is 2.74. The van der Waals surface area contributed by atoms with Gasteiger partial charge in [-0.3, -0.25) is 0 Å². The van der Waals surface area contributed by atoms with Crippen LogP contribution in [-0.2, 0) is 6.42 Å². The number of benzene rings is 1. The third-order valence-corrected chi connectivity index (χ3v) is 4.21. The summed E-state index contributed by atoms with van der Waals surface area (Å²) >= 11 is 6.87. The van der Waals surface area contributed by atoms with E-state index in [1.807, 2.05) is 18.3 Å². The Kier molecular flexibility index (Phi) is 3.39. The molecule has 1 unspecified atom stereocenters. The number of nitrogens with one attached hydrogen (secondary N) is 1. The van der Waals surface area contributed by atoms with Crippen LogP contribution in [0.1, 0.15) is 23.6 Å². The number of pyridine rings is 1. The molecule has 0 aliphatic heterocycles. The van der Waals surface area contributed by atoms with Gasteiger partial charge in [0.15, 0.2) is 0 Å². The highest BCUT2D eigenvalue weighted by Crippen LogP contribution is 2.35. The Morgan fingerprint density at radius 2 is 2.06 bits per heavy atom. The van der Waals surface area contributed by atoms with Gasteiger partial charge in [-0.05, 0) is 64.2 Å². The predicted octanol–water partition coefficient (Wildman–Crippen LogP) is 4.71. The van der Waals surface area contributed by atoms with E-state index in [2.05, 4.69) is 60.4 Å². The van der Waals surface area contributed by atoms with E-state index in [9.17, 15) is 0 Å². The maximum atomic E-state index is 4.24. The van der Waals surface area contributed by atoms with Crippen molar-refractivity contribution in [3.63, 3.8) is 0 Å². The molecule has 2 aromatic rings. The van der Waals surface area contributed by atoms with Crippen LogP contribution in [0.3, 0.4) is 0 Å². The number of hydrogen-bond acceptors (Lipinski definition) is 2. The lowest BCUT2D eigenvalue weighted by Crippen LogP contribution is -2.07. The van der Waals surface area contributed by atoms with Gasteiger partial charge in [-0.15, -0.1) is 0 Å². The smallest absolute Gasteiger partial charge is 0.106 e. The van der Waals surface area contributed by atoms with E-state index in [4.69, 9.17) is 0 Å². The minimum atomic E-state index is 0.399. The first kappa shape index (κ1) is 12.2. The number of nitrogens with zero attached hydrogens (tertiary/aromatic N) is 1. The summed E-state index contributed by atoms with van der Waals surface area (Å²) in [6, 6.07) is 10.9. The second kappa shape index (κ2) is 5.02. The lowest BCUT2D eigenvalue weighted by molar-refractivity contribution is 0.761. The van der Waals surface area contributed by atoms with Crippen LogP contribution in [0, 0.1) is 0 Å². The molecule has 18 heavy (non-hydrogen) atoms. The van der Waals surface area contributed by atoms with Crippen molar-refractivity contribution in [2.24, 2.45) is 0 Å². The highest BCUT2D eigenvalue weighted by molar-refractivity contribution is 9.10. The van der Waals surface area contributed by atoms with Gasteiger partial charge in [0, 0.05) is 4.47 Å². The van der Waals surface area contributed by atoms with Crippen LogP contribution in [0.25, 0.3) is 0 Å². The molecule has 2 nitrogen and oxygen atoms in total. The zero-order valence-electron chi connectivity index (χ0n) is 9.66. The molecule has 1 atom stereocenters. The number of halogens is 2. The van der Waals surface area contributed by atoms with Gasteiger partial charge in [-0.2, -0.15) is 0 Å². The SMILES string of the molecule is Brc1ccc2c(c1)CCC2Nc1ccc(Br)nc1. The third kappa shape index (κ3) is 2.45. The number of aromatic nitrogens is 1. The molecule has 0 fully saturated rings. The Balaban J connectivity index is 1.82. The van der Waals surface area contributed by atoms with Crippen LogP contribution in [-0.4, -0.2) is 4.98 Å². The first-order valence-electron chi connectivity index (χ1n) is 5.89. The normalized spacial score (nSPS) is 17.6. The molecule has 0 bridgehead atoms. The monoisotopic (exact) mass is 366 g/mol. The quantitative estimate of drug-likeness (QED) is 0.777. The van der Waals surface area contributed by atoms with Crippen LogP contribution >= 0.6 is 31.9 Å². The Morgan fingerprint density at radius 3 is 2.83 bits per heavy atom. The van der Waals surface area contributed by atoms with Crippen LogP contribution in [0.5, 0.6) is 0 Å². The predicted molar refractivity (Wildman–Crippen MR) is 80.8 cm³/mol. The Bertz CT molecular complexity index is 567. The second-order valence-electron chi connectivity index (χ2n) is 4.45. The van der Waals surface area contributed by atoms with Crippen LogP contribution in [0.2, 0.25) is 0 Å². The van der Waals surface area contributed by atoms with E-state index in [0.717, 1.165) is 27.6 Å². The topological polar surface area (TPSA) is 24.9 Å². The number of anilines is 1. The molecular formula is C14H12Br2N2. The largest absolute Gasteiger partial charge is 0.377 e. The van der Waals surface area contributed by atoms with Crippen molar-refractivity contribution in [1.82, 2.24) is 4.98 Å². The van der Waals surface area contributed by atoms with Gasteiger partial charge in [-0.1, -0.05) is 22.0 Å². The van der Waals surface area contributed by atoms with Crippen molar-refractivity contribution in [3.8, 4) is 0 Å². The maximum Gasteiger partial charge on any atom is 0.106 e. The molecule has 0 amide bonds. The summed E-state index contributed by atoms with van der Waals surface area (Å²) in [5.74, 6) is 0. The van der Waals surface area contributed by atoms with Gasteiger partial charge >= 0.3 is 0 Å². The molecule has 3 rings (SSSR count). The Labute approximate surface area is 123 Å². The third-order valence-electron chi connectivity index (χ3n) is 3.25. The summed E-state index contributed by atoms with van der Waals surface area (Å²) in [7, 11) is 0. The Morgan fingerprint density at radius 1 is 1.17 bits per heavy atom. The van der Waals surface area contributed by atoms with Gasteiger partial charge < -0.3 is 5.32 Å². The summed E-state index contributed by atoms with van der Waals surface area (Å²) in [5, 5.41) is 3.55. The summed E-state index contributed by atoms with van der Waals surface area (Å²) in [6.07, 6.45) is 4.14. The van der Waals surface area contributed by atoms with Crippen molar-refractivity contribution in [2.75, 3.05) is 5.32 Å². The van der Waals surface area contributed by atoms with Crippen molar-refractivity contribution in [2.45, 2.75) is 18.9 Å². The lowest BCUT2D eigenvalue weighted by Gasteiger charge is -2.15. The molecule has 0 spiro atoms. The second-order valence-corrected chi connectivity index (χ2v) is 6.18. The molecule has 1 aromatic heterocycles. The van der Waals surface area contributed by atoms with E-state index >= 15 is 0 Å². The first-order chi connectivity index (χ1) is 8.72. The zero-order valence-corrected chi connectivity index (χ0v) is 12.8. The molecule has 1 aliphatic carbocycles. The molecule has 0 saturated heterocycles. The minimum absolute atomic E-state index is 0.399. The van der Waals surface area contributed by atoms with Crippen LogP contribution in [0.15, 0.2) is 45.6 Å². The zero-order chi connectivity index (χ0) is 12.5. The van der Waals surface area contributed by atoms with Gasteiger partial charge in [0.1, 0.15) is 4.60 Å².